The average molecular weight is 305 g/mol. The fourth-order valence-electron chi connectivity index (χ4n) is 1.30. The van der Waals surface area contributed by atoms with E-state index in [1.807, 2.05) is 0 Å². The minimum absolute atomic E-state index is 0.0182. The Morgan fingerprint density at radius 3 is 2.61 bits per heavy atom. The Kier molecular flexibility index (Phi) is 3.75. The number of halogens is 3. The first-order chi connectivity index (χ1) is 8.47. The molecule has 1 amide bonds. The van der Waals surface area contributed by atoms with Crippen LogP contribution in [-0.4, -0.2) is 5.91 Å². The van der Waals surface area contributed by atoms with Crippen LogP contribution in [0.1, 0.15) is 10.4 Å². The number of rotatable bonds is 2. The molecule has 1 aromatic heterocycles. The molecule has 1 aromatic carbocycles. The fourth-order valence-corrected chi connectivity index (χ4v) is 2.76. The highest BCUT2D eigenvalue weighted by atomic mass is 35.5. The van der Waals surface area contributed by atoms with Crippen LogP contribution in [0.2, 0.25) is 8.67 Å². The minimum atomic E-state index is -0.595. The normalized spacial score (nSPS) is 10.4. The van der Waals surface area contributed by atoms with Gasteiger partial charge in [-0.05, 0) is 24.3 Å². The standard InChI is InChI=1S/C11H7Cl2FN2OS/c12-9-4-6(10(13)18-9)11(17)16-5-1-2-8(15)7(14)3-5/h1-4H,15H2,(H,16,17). The highest BCUT2D eigenvalue weighted by Gasteiger charge is 2.14. The van der Waals surface area contributed by atoms with Gasteiger partial charge in [-0.2, -0.15) is 0 Å². The third-order valence-corrected chi connectivity index (χ3v) is 3.65. The van der Waals surface area contributed by atoms with Gasteiger partial charge in [0, 0.05) is 5.69 Å². The SMILES string of the molecule is Nc1ccc(NC(=O)c2cc(Cl)sc2Cl)cc1F. The van der Waals surface area contributed by atoms with E-state index in [4.69, 9.17) is 28.9 Å². The summed E-state index contributed by atoms with van der Waals surface area (Å²) in [4.78, 5) is 11.8. The monoisotopic (exact) mass is 304 g/mol. The number of hydrogen-bond acceptors (Lipinski definition) is 3. The molecule has 0 saturated heterocycles. The summed E-state index contributed by atoms with van der Waals surface area (Å²) in [5.74, 6) is -1.05. The number of thiophene rings is 1. The minimum Gasteiger partial charge on any atom is -0.396 e. The zero-order chi connectivity index (χ0) is 13.3. The number of carbonyl (C=O) groups excluding carboxylic acids is 1. The Morgan fingerprint density at radius 2 is 2.06 bits per heavy atom. The van der Waals surface area contributed by atoms with Crippen LogP contribution in [0.15, 0.2) is 24.3 Å². The third kappa shape index (κ3) is 2.75. The van der Waals surface area contributed by atoms with Crippen LogP contribution in [0.5, 0.6) is 0 Å². The molecule has 7 heteroatoms. The van der Waals surface area contributed by atoms with Crippen molar-refractivity contribution in [1.82, 2.24) is 0 Å². The first-order valence-electron chi connectivity index (χ1n) is 4.78. The lowest BCUT2D eigenvalue weighted by atomic mass is 10.2. The van der Waals surface area contributed by atoms with E-state index in [2.05, 4.69) is 5.32 Å². The third-order valence-electron chi connectivity index (χ3n) is 2.16. The molecule has 18 heavy (non-hydrogen) atoms. The van der Waals surface area contributed by atoms with Crippen molar-refractivity contribution in [2.75, 3.05) is 11.1 Å². The second-order valence-electron chi connectivity index (χ2n) is 3.43. The molecule has 0 bridgehead atoms. The van der Waals surface area contributed by atoms with Gasteiger partial charge in [0.1, 0.15) is 10.2 Å². The van der Waals surface area contributed by atoms with Crippen LogP contribution in [-0.2, 0) is 0 Å². The molecule has 0 atom stereocenters. The van der Waals surface area contributed by atoms with E-state index >= 15 is 0 Å². The molecule has 0 saturated carbocycles. The number of hydrogen-bond donors (Lipinski definition) is 2. The van der Waals surface area contributed by atoms with Crippen LogP contribution in [0.25, 0.3) is 0 Å². The largest absolute Gasteiger partial charge is 0.396 e. The Hall–Kier alpha value is -1.30. The van der Waals surface area contributed by atoms with Gasteiger partial charge in [-0.1, -0.05) is 23.2 Å². The topological polar surface area (TPSA) is 55.1 Å². The van der Waals surface area contributed by atoms with E-state index in [0.29, 0.717) is 10.0 Å². The summed E-state index contributed by atoms with van der Waals surface area (Å²) in [7, 11) is 0. The van der Waals surface area contributed by atoms with Crippen molar-refractivity contribution < 1.29 is 9.18 Å². The van der Waals surface area contributed by atoms with E-state index in [1.54, 1.807) is 0 Å². The number of amides is 1. The summed E-state index contributed by atoms with van der Waals surface area (Å²) in [5, 5.41) is 2.51. The fraction of sp³-hybridized carbons (Fsp3) is 0. The van der Waals surface area contributed by atoms with E-state index in [9.17, 15) is 9.18 Å². The van der Waals surface area contributed by atoms with E-state index in [0.717, 1.165) is 17.4 Å². The Balaban J connectivity index is 2.21. The second-order valence-corrected chi connectivity index (χ2v) is 5.71. The molecule has 3 nitrogen and oxygen atoms in total. The number of nitrogen functional groups attached to an aromatic ring is 1. The highest BCUT2D eigenvalue weighted by Crippen LogP contribution is 2.31. The van der Waals surface area contributed by atoms with Gasteiger partial charge in [-0.25, -0.2) is 4.39 Å². The predicted octanol–water partition coefficient (Wildman–Crippen LogP) is 4.03. The van der Waals surface area contributed by atoms with Crippen LogP contribution in [0.4, 0.5) is 15.8 Å². The van der Waals surface area contributed by atoms with Gasteiger partial charge in [-0.3, -0.25) is 4.79 Å². The van der Waals surface area contributed by atoms with Crippen molar-refractivity contribution in [2.24, 2.45) is 0 Å². The first-order valence-corrected chi connectivity index (χ1v) is 6.36. The van der Waals surface area contributed by atoms with Crippen molar-refractivity contribution in [3.63, 3.8) is 0 Å². The molecule has 3 N–H and O–H groups in total. The van der Waals surface area contributed by atoms with Gasteiger partial charge < -0.3 is 11.1 Å². The summed E-state index contributed by atoms with van der Waals surface area (Å²) < 4.78 is 13.9. The summed E-state index contributed by atoms with van der Waals surface area (Å²) in [6.07, 6.45) is 0. The zero-order valence-electron chi connectivity index (χ0n) is 8.84. The molecule has 0 spiro atoms. The van der Waals surface area contributed by atoms with Crippen LogP contribution in [0.3, 0.4) is 0 Å². The summed E-state index contributed by atoms with van der Waals surface area (Å²) in [6.45, 7) is 0. The molecule has 0 aliphatic rings. The van der Waals surface area contributed by atoms with Crippen molar-refractivity contribution in [2.45, 2.75) is 0 Å². The van der Waals surface area contributed by atoms with E-state index in [-0.39, 0.29) is 15.6 Å². The molecule has 2 aromatic rings. The van der Waals surface area contributed by atoms with Gasteiger partial charge in [0.15, 0.2) is 0 Å². The summed E-state index contributed by atoms with van der Waals surface area (Å²) in [6, 6.07) is 5.46. The number of nitrogens with two attached hydrogens (primary N) is 1. The quantitative estimate of drug-likeness (QED) is 0.823. The Morgan fingerprint density at radius 1 is 1.33 bits per heavy atom. The van der Waals surface area contributed by atoms with Crippen molar-refractivity contribution >= 4 is 51.8 Å². The maximum absolute atomic E-state index is 13.2. The molecule has 2 rings (SSSR count). The smallest absolute Gasteiger partial charge is 0.258 e. The van der Waals surface area contributed by atoms with Gasteiger partial charge in [0.2, 0.25) is 0 Å². The second kappa shape index (κ2) is 5.14. The molecular weight excluding hydrogens is 298 g/mol. The van der Waals surface area contributed by atoms with Crippen LogP contribution >= 0.6 is 34.5 Å². The van der Waals surface area contributed by atoms with E-state index in [1.165, 1.54) is 18.2 Å². The van der Waals surface area contributed by atoms with Gasteiger partial charge in [-0.15, -0.1) is 11.3 Å². The Bertz CT molecular complexity index is 615. The maximum atomic E-state index is 13.2. The van der Waals surface area contributed by atoms with E-state index < -0.39 is 11.7 Å². The van der Waals surface area contributed by atoms with Crippen molar-refractivity contribution in [1.29, 1.82) is 0 Å². The molecule has 0 radical (unpaired) electrons. The summed E-state index contributed by atoms with van der Waals surface area (Å²) in [5.41, 5.74) is 5.90. The molecule has 0 fully saturated rings. The summed E-state index contributed by atoms with van der Waals surface area (Å²) >= 11 is 12.7. The van der Waals surface area contributed by atoms with Crippen molar-refractivity contribution in [3.05, 3.63) is 44.3 Å². The Labute approximate surface area is 116 Å². The number of carbonyl (C=O) groups is 1. The van der Waals surface area contributed by atoms with Gasteiger partial charge in [0.25, 0.3) is 5.91 Å². The molecule has 1 heterocycles. The molecule has 0 aliphatic heterocycles. The lowest BCUT2D eigenvalue weighted by Crippen LogP contribution is -2.11. The zero-order valence-corrected chi connectivity index (χ0v) is 11.2. The molecule has 94 valence electrons. The number of benzene rings is 1. The predicted molar refractivity (Wildman–Crippen MR) is 73.1 cm³/mol. The lowest BCUT2D eigenvalue weighted by molar-refractivity contribution is 0.102. The maximum Gasteiger partial charge on any atom is 0.258 e. The number of nitrogens with one attached hydrogen (secondary N) is 1. The molecule has 0 aliphatic carbocycles. The molecular formula is C11H7Cl2FN2OS. The lowest BCUT2D eigenvalue weighted by Gasteiger charge is -2.05. The number of anilines is 2. The molecule has 0 unspecified atom stereocenters. The average Bonchev–Trinajstić information content (AvgIpc) is 2.63. The van der Waals surface area contributed by atoms with Crippen molar-refractivity contribution in [3.8, 4) is 0 Å². The van der Waals surface area contributed by atoms with Crippen LogP contribution in [0, 0.1) is 5.82 Å². The van der Waals surface area contributed by atoms with Gasteiger partial charge >= 0.3 is 0 Å². The highest BCUT2D eigenvalue weighted by molar-refractivity contribution is 7.20. The first kappa shape index (κ1) is 13.1. The van der Waals surface area contributed by atoms with Crippen LogP contribution < -0.4 is 11.1 Å². The van der Waals surface area contributed by atoms with Gasteiger partial charge in [0.05, 0.1) is 15.6 Å².